The maximum atomic E-state index is 12.3. The molecule has 8 nitrogen and oxygen atoms in total. The summed E-state index contributed by atoms with van der Waals surface area (Å²) in [5.74, 6) is 0.0428. The molecule has 0 aliphatic rings. The van der Waals surface area contributed by atoms with Crippen LogP contribution in [0.1, 0.15) is 41.0 Å². The van der Waals surface area contributed by atoms with Gasteiger partial charge >= 0.3 is 0 Å². The lowest BCUT2D eigenvalue weighted by Gasteiger charge is -2.18. The van der Waals surface area contributed by atoms with E-state index in [9.17, 15) is 4.79 Å². The van der Waals surface area contributed by atoms with Crippen LogP contribution in [0.5, 0.6) is 0 Å². The quantitative estimate of drug-likeness (QED) is 0.170. The van der Waals surface area contributed by atoms with Gasteiger partial charge in [0.15, 0.2) is 5.69 Å². The van der Waals surface area contributed by atoms with Gasteiger partial charge in [0.05, 0.1) is 22.9 Å². The number of rotatable bonds is 7. The van der Waals surface area contributed by atoms with Crippen molar-refractivity contribution in [2.45, 2.75) is 19.4 Å². The second-order valence-corrected chi connectivity index (χ2v) is 8.33. The summed E-state index contributed by atoms with van der Waals surface area (Å²) in [6.07, 6.45) is 2.10. The highest BCUT2D eigenvalue weighted by Crippen LogP contribution is 2.34. The zero-order valence-electron chi connectivity index (χ0n) is 19.2. The fraction of sp³-hybridized carbons (Fsp3) is 0.111. The largest absolute Gasteiger partial charge is 0.398 e. The van der Waals surface area contributed by atoms with Gasteiger partial charge in [0, 0.05) is 33.8 Å². The third-order valence-corrected chi connectivity index (χ3v) is 6.15. The van der Waals surface area contributed by atoms with Crippen molar-refractivity contribution in [2.24, 2.45) is 5.73 Å². The van der Waals surface area contributed by atoms with Crippen molar-refractivity contribution in [3.8, 4) is 11.4 Å². The van der Waals surface area contributed by atoms with Crippen LogP contribution in [-0.4, -0.2) is 27.1 Å². The fourth-order valence-corrected chi connectivity index (χ4v) is 4.44. The molecule has 8 heteroatoms. The van der Waals surface area contributed by atoms with Crippen LogP contribution in [0.25, 0.3) is 33.2 Å². The van der Waals surface area contributed by atoms with E-state index in [1.54, 1.807) is 6.07 Å². The molecule has 0 fully saturated rings. The van der Waals surface area contributed by atoms with Gasteiger partial charge in [-0.25, -0.2) is 9.97 Å². The number of carbonyl (C=O) groups excluding carboxylic acids is 1. The van der Waals surface area contributed by atoms with Crippen molar-refractivity contribution in [2.75, 3.05) is 11.1 Å². The lowest BCUT2D eigenvalue weighted by atomic mass is 10.0. The van der Waals surface area contributed by atoms with E-state index >= 15 is 0 Å². The summed E-state index contributed by atoms with van der Waals surface area (Å²) in [7, 11) is 0. The third kappa shape index (κ3) is 3.95. The van der Waals surface area contributed by atoms with Crippen molar-refractivity contribution in [1.82, 2.24) is 15.0 Å². The Bertz CT molecular complexity index is 1570. The number of carbonyl (C=O) groups is 1. The highest BCUT2D eigenvalue weighted by molar-refractivity contribution is 6.20. The van der Waals surface area contributed by atoms with Gasteiger partial charge in [0.1, 0.15) is 5.82 Å². The van der Waals surface area contributed by atoms with E-state index in [2.05, 4.69) is 34.3 Å². The summed E-state index contributed by atoms with van der Waals surface area (Å²) in [5, 5.41) is 12.8. The maximum Gasteiger partial charge on any atom is 0.269 e. The second-order valence-electron chi connectivity index (χ2n) is 8.33. The Hall–Kier alpha value is -4.72. The number of anilines is 2. The van der Waals surface area contributed by atoms with Crippen LogP contribution >= 0.6 is 0 Å². The Balaban J connectivity index is 1.64. The molecule has 1 unspecified atom stereocenters. The molecule has 3 heterocycles. The van der Waals surface area contributed by atoms with Crippen LogP contribution in [0.4, 0.5) is 11.5 Å². The predicted molar refractivity (Wildman–Crippen MR) is 141 cm³/mol. The third-order valence-electron chi connectivity index (χ3n) is 6.15. The molecule has 0 radical (unpaired) electrons. The van der Waals surface area contributed by atoms with Crippen molar-refractivity contribution in [1.29, 1.82) is 5.41 Å². The molecule has 174 valence electrons. The van der Waals surface area contributed by atoms with Crippen molar-refractivity contribution >= 4 is 45.4 Å². The van der Waals surface area contributed by atoms with Crippen molar-refractivity contribution < 1.29 is 4.79 Å². The lowest BCUT2D eigenvalue weighted by Crippen LogP contribution is -2.14. The standard InChI is InChI=1S/C27H25N7O/c1-2-19(15-7-4-3-5-8-15)31-23-10-6-9-20(32-23)22-13-16-24-17(14-28)18(29)11-12-21(24)33-25(16)26(34-22)27(30)35/h3-14,19,28,33H,2,29H2,1H3,(H2,30,35)(H,31,32). The van der Waals surface area contributed by atoms with Crippen LogP contribution in [0.3, 0.4) is 0 Å². The number of fused-ring (bicyclic) bond motifs is 3. The van der Waals surface area contributed by atoms with E-state index in [4.69, 9.17) is 21.9 Å². The Morgan fingerprint density at radius 2 is 1.89 bits per heavy atom. The molecule has 2 aromatic carbocycles. The molecule has 0 spiro atoms. The molecule has 0 aliphatic heterocycles. The van der Waals surface area contributed by atoms with E-state index in [-0.39, 0.29) is 11.7 Å². The number of aromatic amines is 1. The molecule has 1 atom stereocenters. The zero-order chi connectivity index (χ0) is 24.5. The topological polar surface area (TPSA) is 147 Å². The van der Waals surface area contributed by atoms with Crippen LogP contribution in [0.15, 0.2) is 66.7 Å². The first-order valence-electron chi connectivity index (χ1n) is 11.3. The number of benzene rings is 2. The molecule has 0 saturated carbocycles. The number of aromatic nitrogens is 3. The monoisotopic (exact) mass is 463 g/mol. The Kier molecular flexibility index (Phi) is 5.62. The predicted octanol–water partition coefficient (Wildman–Crippen LogP) is 5.02. The summed E-state index contributed by atoms with van der Waals surface area (Å²) in [5.41, 5.74) is 16.5. The molecule has 0 aliphatic carbocycles. The van der Waals surface area contributed by atoms with Crippen LogP contribution < -0.4 is 16.8 Å². The number of hydrogen-bond acceptors (Lipinski definition) is 6. The van der Waals surface area contributed by atoms with Gasteiger partial charge in [-0.3, -0.25) is 4.79 Å². The van der Waals surface area contributed by atoms with E-state index < -0.39 is 5.91 Å². The molecule has 3 aromatic heterocycles. The average Bonchev–Trinajstić information content (AvgIpc) is 3.26. The first kappa shape index (κ1) is 22.1. The summed E-state index contributed by atoms with van der Waals surface area (Å²) in [6.45, 7) is 2.12. The average molecular weight is 464 g/mol. The van der Waals surface area contributed by atoms with Crippen molar-refractivity contribution in [3.63, 3.8) is 0 Å². The SMILES string of the molecule is CCC(Nc1cccc(-c2cc3c([nH]c4ccc(N)c(C=N)c43)c(C(N)=O)n2)n1)c1ccccc1. The van der Waals surface area contributed by atoms with Crippen molar-refractivity contribution in [3.05, 3.63) is 83.6 Å². The molecular weight excluding hydrogens is 438 g/mol. The minimum atomic E-state index is -0.655. The van der Waals surface area contributed by atoms with Gasteiger partial charge < -0.3 is 27.2 Å². The normalized spacial score (nSPS) is 12.0. The molecule has 7 N–H and O–H groups in total. The Morgan fingerprint density at radius 1 is 1.09 bits per heavy atom. The van der Waals surface area contributed by atoms with Gasteiger partial charge in [0.2, 0.25) is 0 Å². The van der Waals surface area contributed by atoms with Gasteiger partial charge in [-0.05, 0) is 42.3 Å². The second kappa shape index (κ2) is 8.90. The molecule has 1 amide bonds. The minimum Gasteiger partial charge on any atom is -0.398 e. The van der Waals surface area contributed by atoms with Crippen LogP contribution in [0.2, 0.25) is 0 Å². The molecule has 5 rings (SSSR count). The summed E-state index contributed by atoms with van der Waals surface area (Å²) in [4.78, 5) is 24.9. The molecule has 5 aromatic rings. The first-order chi connectivity index (χ1) is 17.0. The highest BCUT2D eigenvalue weighted by atomic mass is 16.1. The number of nitrogens with one attached hydrogen (secondary N) is 3. The van der Waals surface area contributed by atoms with Crippen LogP contribution in [0, 0.1) is 5.41 Å². The smallest absolute Gasteiger partial charge is 0.269 e. The molecular formula is C27H25N7O. The highest BCUT2D eigenvalue weighted by Gasteiger charge is 2.19. The Morgan fingerprint density at radius 3 is 2.60 bits per heavy atom. The maximum absolute atomic E-state index is 12.3. The van der Waals surface area contributed by atoms with Gasteiger partial charge in [0.25, 0.3) is 5.91 Å². The number of hydrogen-bond donors (Lipinski definition) is 5. The Labute approximate surface area is 201 Å². The zero-order valence-corrected chi connectivity index (χ0v) is 19.2. The number of primary amides is 1. The number of nitrogens with two attached hydrogens (primary N) is 2. The van der Waals surface area contributed by atoms with Gasteiger partial charge in [-0.15, -0.1) is 0 Å². The fourth-order valence-electron chi connectivity index (χ4n) is 4.44. The number of pyridine rings is 2. The van der Waals surface area contributed by atoms with Gasteiger partial charge in [-0.1, -0.05) is 43.3 Å². The lowest BCUT2D eigenvalue weighted by molar-refractivity contribution is 0.0997. The number of H-pyrrole nitrogens is 1. The van der Waals surface area contributed by atoms with Crippen LogP contribution in [-0.2, 0) is 0 Å². The van der Waals surface area contributed by atoms with E-state index in [0.717, 1.165) is 17.3 Å². The minimum absolute atomic E-state index is 0.0994. The molecule has 35 heavy (non-hydrogen) atoms. The summed E-state index contributed by atoms with van der Waals surface area (Å²) >= 11 is 0. The molecule has 0 saturated heterocycles. The summed E-state index contributed by atoms with van der Waals surface area (Å²) < 4.78 is 0. The van der Waals surface area contributed by atoms with E-state index in [1.165, 1.54) is 11.8 Å². The van der Waals surface area contributed by atoms with Gasteiger partial charge in [-0.2, -0.15) is 0 Å². The number of amides is 1. The first-order valence-corrected chi connectivity index (χ1v) is 11.3. The molecule has 0 bridgehead atoms. The number of nitrogen functional groups attached to an aromatic ring is 1. The van der Waals surface area contributed by atoms with E-state index in [1.807, 2.05) is 48.5 Å². The summed E-state index contributed by atoms with van der Waals surface area (Å²) in [6, 6.07) is 21.3. The van der Waals surface area contributed by atoms with E-state index in [0.29, 0.717) is 39.4 Å². The number of nitrogens with zero attached hydrogens (tertiary/aromatic N) is 2.